The predicted molar refractivity (Wildman–Crippen MR) is 88.1 cm³/mol. The number of rotatable bonds is 6. The molecule has 23 heavy (non-hydrogen) atoms. The van der Waals surface area contributed by atoms with Gasteiger partial charge in [-0.2, -0.15) is 5.10 Å². The second-order valence-electron chi connectivity index (χ2n) is 5.15. The van der Waals surface area contributed by atoms with E-state index in [4.69, 9.17) is 0 Å². The third-order valence-corrected chi connectivity index (χ3v) is 4.50. The minimum Gasteiger partial charge on any atom is -0.344 e. The number of carbonyl (C=O) groups is 1. The first-order chi connectivity index (χ1) is 11.2. The molecule has 1 amide bonds. The smallest absolute Gasteiger partial charge is 0.263 e. The molecule has 0 saturated carbocycles. The molecule has 3 rings (SSSR count). The van der Waals surface area contributed by atoms with Gasteiger partial charge in [-0.05, 0) is 18.9 Å². The largest absolute Gasteiger partial charge is 0.344 e. The lowest BCUT2D eigenvalue weighted by atomic mass is 10.0. The summed E-state index contributed by atoms with van der Waals surface area (Å²) in [4.78, 5) is 21.2. The third kappa shape index (κ3) is 3.81. The Bertz CT molecular complexity index is 754. The molecule has 0 unspecified atom stereocenters. The zero-order chi connectivity index (χ0) is 16.1. The van der Waals surface area contributed by atoms with E-state index in [0.29, 0.717) is 11.4 Å². The number of aromatic nitrogens is 4. The number of carbonyl (C=O) groups excluding carboxylic acids is 1. The van der Waals surface area contributed by atoms with Crippen LogP contribution in [0.25, 0.3) is 0 Å². The zero-order valence-corrected chi connectivity index (χ0v) is 13.5. The Morgan fingerprint density at radius 3 is 2.83 bits per heavy atom. The van der Waals surface area contributed by atoms with Crippen LogP contribution in [0.5, 0.6) is 0 Å². The van der Waals surface area contributed by atoms with E-state index in [1.165, 1.54) is 17.7 Å². The van der Waals surface area contributed by atoms with Gasteiger partial charge in [-0.3, -0.25) is 9.48 Å². The molecule has 0 aliphatic carbocycles. The molecule has 1 N–H and O–H groups in total. The van der Waals surface area contributed by atoms with Gasteiger partial charge in [0, 0.05) is 6.54 Å². The van der Waals surface area contributed by atoms with Crippen LogP contribution in [-0.4, -0.2) is 25.7 Å². The molecule has 0 bridgehead atoms. The molecule has 0 aliphatic heterocycles. The fourth-order valence-electron chi connectivity index (χ4n) is 2.36. The summed E-state index contributed by atoms with van der Waals surface area (Å²) in [5.74, 6) is -0.0857. The molecule has 0 radical (unpaired) electrons. The van der Waals surface area contributed by atoms with Crippen molar-refractivity contribution in [3.05, 3.63) is 64.6 Å². The Balaban J connectivity index is 1.75. The topological polar surface area (TPSA) is 72.7 Å². The van der Waals surface area contributed by atoms with Crippen molar-refractivity contribution < 1.29 is 4.79 Å². The summed E-state index contributed by atoms with van der Waals surface area (Å²) in [6, 6.07) is 9.86. The Morgan fingerprint density at radius 1 is 1.35 bits per heavy atom. The average Bonchev–Trinajstić information content (AvgIpc) is 3.23. The van der Waals surface area contributed by atoms with Gasteiger partial charge in [0.25, 0.3) is 5.91 Å². The standard InChI is InChI=1S/C16H17N5OS/c1-12-15(23-11-18-12)16(22)20-14(13-5-3-2-4-6-13)7-8-21-10-17-9-19-21/h2-6,9-11,14H,7-8H2,1H3,(H,20,22)/t14-/m1/s1. The van der Waals surface area contributed by atoms with Crippen molar-refractivity contribution in [3.8, 4) is 0 Å². The van der Waals surface area contributed by atoms with Gasteiger partial charge in [-0.15, -0.1) is 11.3 Å². The van der Waals surface area contributed by atoms with E-state index in [0.717, 1.165) is 17.7 Å². The monoisotopic (exact) mass is 327 g/mol. The zero-order valence-electron chi connectivity index (χ0n) is 12.7. The SMILES string of the molecule is Cc1ncsc1C(=O)N[C@H](CCn1cncn1)c1ccccc1. The summed E-state index contributed by atoms with van der Waals surface area (Å²) >= 11 is 1.36. The summed E-state index contributed by atoms with van der Waals surface area (Å²) in [5, 5.41) is 7.22. The molecular formula is C16H17N5OS. The van der Waals surface area contributed by atoms with E-state index in [-0.39, 0.29) is 11.9 Å². The normalized spacial score (nSPS) is 12.0. The van der Waals surface area contributed by atoms with E-state index in [9.17, 15) is 4.79 Å². The van der Waals surface area contributed by atoms with Gasteiger partial charge in [-0.25, -0.2) is 9.97 Å². The van der Waals surface area contributed by atoms with Crippen LogP contribution in [0.4, 0.5) is 0 Å². The summed E-state index contributed by atoms with van der Waals surface area (Å²) < 4.78 is 1.76. The van der Waals surface area contributed by atoms with Crippen molar-refractivity contribution in [2.75, 3.05) is 0 Å². The minimum absolute atomic E-state index is 0.0857. The van der Waals surface area contributed by atoms with Gasteiger partial charge < -0.3 is 5.32 Å². The van der Waals surface area contributed by atoms with Gasteiger partial charge in [0.1, 0.15) is 17.5 Å². The molecule has 0 aliphatic rings. The van der Waals surface area contributed by atoms with Crippen LogP contribution in [0.15, 0.2) is 48.5 Å². The summed E-state index contributed by atoms with van der Waals surface area (Å²) in [5.41, 5.74) is 3.52. The number of nitrogens with zero attached hydrogens (tertiary/aromatic N) is 4. The van der Waals surface area contributed by atoms with Crippen LogP contribution in [0, 0.1) is 6.92 Å². The highest BCUT2D eigenvalue weighted by Crippen LogP contribution is 2.20. The number of hydrogen-bond donors (Lipinski definition) is 1. The molecule has 7 heteroatoms. The number of thiazole rings is 1. The van der Waals surface area contributed by atoms with Crippen molar-refractivity contribution in [1.29, 1.82) is 0 Å². The molecule has 0 spiro atoms. The first-order valence-electron chi connectivity index (χ1n) is 7.32. The Morgan fingerprint density at radius 2 is 2.17 bits per heavy atom. The Labute approximate surface area is 138 Å². The lowest BCUT2D eigenvalue weighted by molar-refractivity contribution is 0.0936. The molecule has 2 heterocycles. The van der Waals surface area contributed by atoms with E-state index < -0.39 is 0 Å². The highest BCUT2D eigenvalue weighted by atomic mass is 32.1. The van der Waals surface area contributed by atoms with Crippen molar-refractivity contribution in [1.82, 2.24) is 25.1 Å². The van der Waals surface area contributed by atoms with Crippen LogP contribution < -0.4 is 5.32 Å². The van der Waals surface area contributed by atoms with Crippen molar-refractivity contribution in [3.63, 3.8) is 0 Å². The quantitative estimate of drug-likeness (QED) is 0.755. The van der Waals surface area contributed by atoms with Gasteiger partial charge >= 0.3 is 0 Å². The van der Waals surface area contributed by atoms with Crippen LogP contribution in [-0.2, 0) is 6.54 Å². The molecule has 3 aromatic rings. The second-order valence-corrected chi connectivity index (χ2v) is 6.01. The number of nitrogens with one attached hydrogen (secondary N) is 1. The lowest BCUT2D eigenvalue weighted by Gasteiger charge is -2.19. The van der Waals surface area contributed by atoms with Crippen molar-refractivity contribution >= 4 is 17.2 Å². The minimum atomic E-state index is -0.0885. The first kappa shape index (κ1) is 15.4. The maximum Gasteiger partial charge on any atom is 0.263 e. The van der Waals surface area contributed by atoms with Crippen LogP contribution in [0.1, 0.15) is 33.4 Å². The molecule has 1 atom stereocenters. The molecule has 1 aromatic carbocycles. The highest BCUT2D eigenvalue weighted by Gasteiger charge is 2.18. The number of benzene rings is 1. The molecule has 2 aromatic heterocycles. The average molecular weight is 327 g/mol. The van der Waals surface area contributed by atoms with E-state index >= 15 is 0 Å². The third-order valence-electron chi connectivity index (χ3n) is 3.57. The molecule has 6 nitrogen and oxygen atoms in total. The van der Waals surface area contributed by atoms with Crippen molar-refractivity contribution in [2.24, 2.45) is 0 Å². The van der Waals surface area contributed by atoms with E-state index in [2.05, 4.69) is 20.4 Å². The summed E-state index contributed by atoms with van der Waals surface area (Å²) in [6.07, 6.45) is 3.92. The maximum atomic E-state index is 12.5. The van der Waals surface area contributed by atoms with Gasteiger partial charge in [0.2, 0.25) is 0 Å². The molecular weight excluding hydrogens is 310 g/mol. The number of hydrogen-bond acceptors (Lipinski definition) is 5. The second kappa shape index (κ2) is 7.15. The van der Waals surface area contributed by atoms with Crippen molar-refractivity contribution in [2.45, 2.75) is 25.9 Å². The fourth-order valence-corrected chi connectivity index (χ4v) is 3.07. The predicted octanol–water partition coefficient (Wildman–Crippen LogP) is 2.60. The molecule has 0 saturated heterocycles. The van der Waals surface area contributed by atoms with Gasteiger partial charge in [-0.1, -0.05) is 30.3 Å². The number of aryl methyl sites for hydroxylation is 2. The summed E-state index contributed by atoms with van der Waals surface area (Å²) in [6.45, 7) is 2.53. The Kier molecular flexibility index (Phi) is 4.77. The lowest BCUT2D eigenvalue weighted by Crippen LogP contribution is -2.29. The fraction of sp³-hybridized carbons (Fsp3) is 0.250. The van der Waals surface area contributed by atoms with E-state index in [1.807, 2.05) is 37.3 Å². The summed E-state index contributed by atoms with van der Waals surface area (Å²) in [7, 11) is 0. The Hall–Kier alpha value is -2.54. The van der Waals surface area contributed by atoms with E-state index in [1.54, 1.807) is 16.5 Å². The van der Waals surface area contributed by atoms with Gasteiger partial charge in [0.05, 0.1) is 17.2 Å². The maximum absolute atomic E-state index is 12.5. The molecule has 0 fully saturated rings. The molecule has 118 valence electrons. The highest BCUT2D eigenvalue weighted by molar-refractivity contribution is 7.11. The van der Waals surface area contributed by atoms with Crippen LogP contribution in [0.2, 0.25) is 0 Å². The van der Waals surface area contributed by atoms with Gasteiger partial charge in [0.15, 0.2) is 0 Å². The number of amides is 1. The van der Waals surface area contributed by atoms with Crippen LogP contribution in [0.3, 0.4) is 0 Å². The van der Waals surface area contributed by atoms with Crippen LogP contribution >= 0.6 is 11.3 Å². The first-order valence-corrected chi connectivity index (χ1v) is 8.20.